The summed E-state index contributed by atoms with van der Waals surface area (Å²) in [5.41, 5.74) is 8.34. The predicted molar refractivity (Wildman–Crippen MR) is 90.8 cm³/mol. The van der Waals surface area contributed by atoms with E-state index in [0.29, 0.717) is 18.5 Å². The Morgan fingerprint density at radius 1 is 1.20 bits per heavy atom. The molecule has 114 valence electrons. The summed E-state index contributed by atoms with van der Waals surface area (Å²) in [5, 5.41) is 0.797. The molecule has 0 unspecified atom stereocenters. The van der Waals surface area contributed by atoms with Gasteiger partial charge in [0, 0.05) is 23.3 Å². The van der Waals surface area contributed by atoms with Crippen LogP contribution in [0.3, 0.4) is 0 Å². The maximum atomic E-state index is 6.15. The second-order valence-corrected chi connectivity index (χ2v) is 6.26. The molecule has 2 nitrogen and oxygen atoms in total. The molecule has 2 N–H and O–H groups in total. The number of anilines is 1. The van der Waals surface area contributed by atoms with E-state index in [1.54, 1.807) is 0 Å². The molecule has 0 amide bonds. The van der Waals surface area contributed by atoms with Crippen molar-refractivity contribution in [1.29, 1.82) is 0 Å². The van der Waals surface area contributed by atoms with E-state index in [1.165, 1.54) is 11.3 Å². The maximum absolute atomic E-state index is 6.15. The Kier molecular flexibility index (Phi) is 7.39. The van der Waals surface area contributed by atoms with Crippen molar-refractivity contribution >= 4 is 17.3 Å². The van der Waals surface area contributed by atoms with Crippen molar-refractivity contribution in [3.63, 3.8) is 0 Å². The minimum absolute atomic E-state index is 0.579. The van der Waals surface area contributed by atoms with Gasteiger partial charge in [-0.3, -0.25) is 0 Å². The Labute approximate surface area is 129 Å². The van der Waals surface area contributed by atoms with Crippen LogP contribution in [-0.4, -0.2) is 19.1 Å². The third-order valence-corrected chi connectivity index (χ3v) is 3.94. The molecule has 0 heterocycles. The van der Waals surface area contributed by atoms with E-state index in [9.17, 15) is 0 Å². The molecule has 3 heteroatoms. The minimum atomic E-state index is 0.579. The van der Waals surface area contributed by atoms with Crippen LogP contribution in [0.2, 0.25) is 5.02 Å². The fourth-order valence-electron chi connectivity index (χ4n) is 2.76. The number of hydrogen-bond donors (Lipinski definition) is 1. The lowest BCUT2D eigenvalue weighted by Crippen LogP contribution is -2.38. The highest BCUT2D eigenvalue weighted by Crippen LogP contribution is 2.29. The zero-order chi connectivity index (χ0) is 15.1. The Morgan fingerprint density at radius 3 is 2.35 bits per heavy atom. The zero-order valence-corrected chi connectivity index (χ0v) is 14.1. The minimum Gasteiger partial charge on any atom is -0.368 e. The number of halogens is 1. The molecule has 0 aliphatic rings. The highest BCUT2D eigenvalue weighted by molar-refractivity contribution is 6.30. The van der Waals surface area contributed by atoms with Gasteiger partial charge in [-0.05, 0) is 55.5 Å². The van der Waals surface area contributed by atoms with Crippen LogP contribution in [0.1, 0.15) is 46.1 Å². The van der Waals surface area contributed by atoms with Crippen molar-refractivity contribution in [2.45, 2.75) is 53.0 Å². The summed E-state index contributed by atoms with van der Waals surface area (Å²) in [4.78, 5) is 2.55. The van der Waals surface area contributed by atoms with Gasteiger partial charge >= 0.3 is 0 Å². The van der Waals surface area contributed by atoms with Crippen molar-refractivity contribution < 1.29 is 0 Å². The summed E-state index contributed by atoms with van der Waals surface area (Å²) in [6, 6.07) is 6.80. The number of hydrogen-bond acceptors (Lipinski definition) is 2. The van der Waals surface area contributed by atoms with Gasteiger partial charge in [0.15, 0.2) is 0 Å². The molecule has 0 fully saturated rings. The number of nitrogens with two attached hydrogens (primary N) is 1. The normalized spacial score (nSPS) is 11.4. The summed E-state index contributed by atoms with van der Waals surface area (Å²) in [7, 11) is 0. The Hall–Kier alpha value is -0.730. The Bertz CT molecular complexity index is 400. The molecule has 1 aromatic rings. The second kappa shape index (κ2) is 8.53. The van der Waals surface area contributed by atoms with E-state index in [2.05, 4.69) is 44.7 Å². The molecule has 0 saturated heterocycles. The van der Waals surface area contributed by atoms with Gasteiger partial charge in [0.25, 0.3) is 0 Å². The summed E-state index contributed by atoms with van der Waals surface area (Å²) in [6.07, 6.45) is 3.20. The Balaban J connectivity index is 3.17. The number of benzene rings is 1. The fourth-order valence-corrected chi connectivity index (χ4v) is 2.95. The maximum Gasteiger partial charge on any atom is 0.0410 e. The first kappa shape index (κ1) is 17.3. The van der Waals surface area contributed by atoms with E-state index >= 15 is 0 Å². The largest absolute Gasteiger partial charge is 0.368 e. The summed E-state index contributed by atoms with van der Waals surface area (Å²) in [5.74, 6) is 0.636. The first-order chi connectivity index (χ1) is 9.53. The molecule has 0 bridgehead atoms. The predicted octanol–water partition coefficient (Wildman–Crippen LogP) is 4.49. The van der Waals surface area contributed by atoms with Crippen LogP contribution in [0.4, 0.5) is 5.69 Å². The van der Waals surface area contributed by atoms with Gasteiger partial charge in [0.1, 0.15) is 0 Å². The smallest absolute Gasteiger partial charge is 0.0410 e. The lowest BCUT2D eigenvalue weighted by atomic mass is 10.0. The molecular weight excluding hydrogens is 268 g/mol. The van der Waals surface area contributed by atoms with Crippen LogP contribution in [0.5, 0.6) is 0 Å². The van der Waals surface area contributed by atoms with Gasteiger partial charge in [0.05, 0.1) is 0 Å². The molecule has 0 saturated carbocycles. The van der Waals surface area contributed by atoms with Crippen LogP contribution < -0.4 is 10.6 Å². The molecule has 0 spiro atoms. The van der Waals surface area contributed by atoms with Crippen molar-refractivity contribution in [3.8, 4) is 0 Å². The Morgan fingerprint density at radius 2 is 1.85 bits per heavy atom. The molecule has 0 aromatic heterocycles. The average Bonchev–Trinajstić information content (AvgIpc) is 2.39. The highest BCUT2D eigenvalue weighted by Gasteiger charge is 2.19. The molecule has 0 atom stereocenters. The van der Waals surface area contributed by atoms with Crippen LogP contribution >= 0.6 is 11.6 Å². The molecule has 20 heavy (non-hydrogen) atoms. The monoisotopic (exact) mass is 296 g/mol. The van der Waals surface area contributed by atoms with Gasteiger partial charge in [0.2, 0.25) is 0 Å². The summed E-state index contributed by atoms with van der Waals surface area (Å²) in [6.45, 7) is 10.8. The van der Waals surface area contributed by atoms with Gasteiger partial charge in [-0.15, -0.1) is 0 Å². The first-order valence-corrected chi connectivity index (χ1v) is 8.16. The molecular formula is C17H29ClN2. The van der Waals surface area contributed by atoms with Gasteiger partial charge < -0.3 is 10.6 Å². The van der Waals surface area contributed by atoms with Crippen LogP contribution in [0, 0.1) is 5.92 Å². The van der Waals surface area contributed by atoms with Gasteiger partial charge in [-0.1, -0.05) is 39.3 Å². The summed E-state index contributed by atoms with van der Waals surface area (Å²) < 4.78 is 0. The fraction of sp³-hybridized carbons (Fsp3) is 0.647. The SMILES string of the molecule is CCC(CC)N(CC(C)C)c1ccc(Cl)cc1CCN. The molecule has 1 rings (SSSR count). The van der Waals surface area contributed by atoms with Crippen molar-refractivity contribution in [2.24, 2.45) is 11.7 Å². The van der Waals surface area contributed by atoms with Crippen molar-refractivity contribution in [3.05, 3.63) is 28.8 Å². The van der Waals surface area contributed by atoms with E-state index in [4.69, 9.17) is 17.3 Å². The van der Waals surface area contributed by atoms with Crippen LogP contribution in [0.25, 0.3) is 0 Å². The topological polar surface area (TPSA) is 29.3 Å². The molecule has 1 aromatic carbocycles. The third kappa shape index (κ3) is 4.68. The van der Waals surface area contributed by atoms with E-state index in [-0.39, 0.29) is 0 Å². The average molecular weight is 297 g/mol. The second-order valence-electron chi connectivity index (χ2n) is 5.83. The lowest BCUT2D eigenvalue weighted by Gasteiger charge is -2.35. The lowest BCUT2D eigenvalue weighted by molar-refractivity contribution is 0.506. The third-order valence-electron chi connectivity index (χ3n) is 3.71. The van der Waals surface area contributed by atoms with Gasteiger partial charge in [-0.25, -0.2) is 0 Å². The van der Waals surface area contributed by atoms with E-state index < -0.39 is 0 Å². The molecule has 0 aliphatic carbocycles. The standard InChI is InChI=1S/C17H29ClN2/c1-5-16(6-2)20(12-13(3)4)17-8-7-15(18)11-14(17)9-10-19/h7-8,11,13,16H,5-6,9-10,12,19H2,1-4H3. The van der Waals surface area contributed by atoms with Gasteiger partial charge in [-0.2, -0.15) is 0 Å². The number of nitrogens with zero attached hydrogens (tertiary/aromatic N) is 1. The van der Waals surface area contributed by atoms with Crippen molar-refractivity contribution in [2.75, 3.05) is 18.0 Å². The quantitative estimate of drug-likeness (QED) is 0.766. The number of rotatable bonds is 8. The summed E-state index contributed by atoms with van der Waals surface area (Å²) >= 11 is 6.15. The first-order valence-electron chi connectivity index (χ1n) is 7.78. The van der Waals surface area contributed by atoms with Crippen LogP contribution in [0.15, 0.2) is 18.2 Å². The molecule has 0 aliphatic heterocycles. The van der Waals surface area contributed by atoms with E-state index in [1.807, 2.05) is 6.07 Å². The molecule has 0 radical (unpaired) electrons. The van der Waals surface area contributed by atoms with Crippen LogP contribution in [-0.2, 0) is 6.42 Å². The highest BCUT2D eigenvalue weighted by atomic mass is 35.5. The zero-order valence-electron chi connectivity index (χ0n) is 13.3. The van der Waals surface area contributed by atoms with Crippen molar-refractivity contribution in [1.82, 2.24) is 0 Å². The van der Waals surface area contributed by atoms with E-state index in [0.717, 1.165) is 30.8 Å².